The normalized spacial score (nSPS) is 11.3. The van der Waals surface area contributed by atoms with Gasteiger partial charge in [0.15, 0.2) is 0 Å². The number of halogens is 4. The standard InChI is InChI=1S/C16H13BrF3N3O4/c17-12-5-6-14(24)21(8-12)9-15(25)22(10-16(18,19)20)7-11-3-1-2-4-13(11)23(26)27/h1-6,8H,7,9-10H2. The Balaban J connectivity index is 2.31. The zero-order valence-electron chi connectivity index (χ0n) is 13.6. The predicted molar refractivity (Wildman–Crippen MR) is 93.0 cm³/mol. The number of para-hydroxylation sites is 1. The summed E-state index contributed by atoms with van der Waals surface area (Å²) in [5, 5.41) is 11.1. The van der Waals surface area contributed by atoms with Crippen LogP contribution in [0.25, 0.3) is 0 Å². The van der Waals surface area contributed by atoms with E-state index in [0.717, 1.165) is 16.7 Å². The first-order valence-electron chi connectivity index (χ1n) is 7.49. The molecule has 0 aliphatic heterocycles. The molecule has 2 rings (SSSR count). The Kier molecular flexibility index (Phi) is 6.37. The van der Waals surface area contributed by atoms with E-state index in [2.05, 4.69) is 15.9 Å². The van der Waals surface area contributed by atoms with Gasteiger partial charge in [0, 0.05) is 28.4 Å². The van der Waals surface area contributed by atoms with Gasteiger partial charge in [-0.25, -0.2) is 0 Å². The van der Waals surface area contributed by atoms with Crippen LogP contribution < -0.4 is 5.56 Å². The number of aromatic nitrogens is 1. The van der Waals surface area contributed by atoms with E-state index >= 15 is 0 Å². The highest BCUT2D eigenvalue weighted by atomic mass is 79.9. The van der Waals surface area contributed by atoms with Crippen LogP contribution >= 0.6 is 15.9 Å². The van der Waals surface area contributed by atoms with Crippen LogP contribution in [0, 0.1) is 10.1 Å². The van der Waals surface area contributed by atoms with Crippen molar-refractivity contribution >= 4 is 27.5 Å². The second kappa shape index (κ2) is 8.33. The van der Waals surface area contributed by atoms with Gasteiger partial charge in [0.05, 0.1) is 11.5 Å². The monoisotopic (exact) mass is 447 g/mol. The van der Waals surface area contributed by atoms with E-state index in [1.807, 2.05) is 0 Å². The number of carbonyl (C=O) groups excluding carboxylic acids is 1. The van der Waals surface area contributed by atoms with Crippen molar-refractivity contribution in [1.29, 1.82) is 0 Å². The molecule has 144 valence electrons. The number of nitro benzene ring substituents is 1. The van der Waals surface area contributed by atoms with Gasteiger partial charge >= 0.3 is 6.18 Å². The molecule has 0 unspecified atom stereocenters. The average molecular weight is 448 g/mol. The zero-order valence-corrected chi connectivity index (χ0v) is 15.2. The number of amides is 1. The molecule has 1 amide bonds. The summed E-state index contributed by atoms with van der Waals surface area (Å²) >= 11 is 3.11. The first-order chi connectivity index (χ1) is 12.6. The molecule has 0 N–H and O–H groups in total. The number of pyridine rings is 1. The Morgan fingerprint density at radius 1 is 1.22 bits per heavy atom. The quantitative estimate of drug-likeness (QED) is 0.502. The van der Waals surface area contributed by atoms with Crippen molar-refractivity contribution in [1.82, 2.24) is 9.47 Å². The van der Waals surface area contributed by atoms with Gasteiger partial charge in [0.25, 0.3) is 11.2 Å². The Bertz CT molecular complexity index is 914. The first kappa shape index (κ1) is 20.6. The SMILES string of the molecule is O=C(Cn1cc(Br)ccc1=O)N(Cc1ccccc1[N+](=O)[O-])CC(F)(F)F. The summed E-state index contributed by atoms with van der Waals surface area (Å²) < 4.78 is 40.1. The van der Waals surface area contributed by atoms with Gasteiger partial charge in [0.1, 0.15) is 13.1 Å². The van der Waals surface area contributed by atoms with Crippen LogP contribution in [0.15, 0.2) is 51.9 Å². The summed E-state index contributed by atoms with van der Waals surface area (Å²) in [5.74, 6) is -0.995. The van der Waals surface area contributed by atoms with E-state index in [0.29, 0.717) is 9.37 Å². The lowest BCUT2D eigenvalue weighted by Gasteiger charge is -2.24. The summed E-state index contributed by atoms with van der Waals surface area (Å²) in [6.45, 7) is -2.84. The smallest absolute Gasteiger partial charge is 0.327 e. The summed E-state index contributed by atoms with van der Waals surface area (Å²) in [7, 11) is 0. The summed E-state index contributed by atoms with van der Waals surface area (Å²) in [4.78, 5) is 35.0. The molecule has 0 saturated carbocycles. The van der Waals surface area contributed by atoms with Crippen molar-refractivity contribution in [3.05, 3.63) is 73.1 Å². The van der Waals surface area contributed by atoms with Gasteiger partial charge in [-0.1, -0.05) is 18.2 Å². The molecule has 0 aliphatic rings. The largest absolute Gasteiger partial charge is 0.406 e. The second-order valence-corrected chi connectivity index (χ2v) is 6.48. The number of alkyl halides is 3. The Morgan fingerprint density at radius 2 is 1.89 bits per heavy atom. The number of benzene rings is 1. The number of rotatable bonds is 6. The molecule has 1 aromatic heterocycles. The second-order valence-electron chi connectivity index (χ2n) is 5.56. The Morgan fingerprint density at radius 3 is 2.52 bits per heavy atom. The molecule has 0 saturated heterocycles. The number of carbonyl (C=O) groups is 1. The Hall–Kier alpha value is -2.69. The summed E-state index contributed by atoms with van der Waals surface area (Å²) in [6, 6.07) is 7.82. The van der Waals surface area contributed by atoms with Crippen LogP contribution in [-0.2, 0) is 17.9 Å². The molecule has 27 heavy (non-hydrogen) atoms. The lowest BCUT2D eigenvalue weighted by atomic mass is 10.1. The van der Waals surface area contributed by atoms with Gasteiger partial charge in [0.2, 0.25) is 5.91 Å². The van der Waals surface area contributed by atoms with Crippen LogP contribution in [0.4, 0.5) is 18.9 Å². The fourth-order valence-electron chi connectivity index (χ4n) is 2.35. The van der Waals surface area contributed by atoms with Gasteiger partial charge in [-0.3, -0.25) is 19.7 Å². The highest BCUT2D eigenvalue weighted by molar-refractivity contribution is 9.10. The van der Waals surface area contributed by atoms with Crippen LogP contribution in [0.3, 0.4) is 0 Å². The van der Waals surface area contributed by atoms with Crippen LogP contribution in [0.1, 0.15) is 5.56 Å². The van der Waals surface area contributed by atoms with Crippen molar-refractivity contribution in [3.8, 4) is 0 Å². The summed E-state index contributed by atoms with van der Waals surface area (Å²) in [5.41, 5.74) is -0.997. The first-order valence-corrected chi connectivity index (χ1v) is 8.29. The summed E-state index contributed by atoms with van der Waals surface area (Å²) in [6.07, 6.45) is -3.43. The third-order valence-corrected chi connectivity index (χ3v) is 3.99. The third-order valence-electron chi connectivity index (χ3n) is 3.53. The maximum Gasteiger partial charge on any atom is 0.406 e. The van der Waals surface area contributed by atoms with Crippen molar-refractivity contribution in [2.75, 3.05) is 6.54 Å². The number of hydrogen-bond donors (Lipinski definition) is 0. The minimum Gasteiger partial charge on any atom is -0.327 e. The van der Waals surface area contributed by atoms with E-state index in [1.54, 1.807) is 0 Å². The van der Waals surface area contributed by atoms with Crippen molar-refractivity contribution in [2.24, 2.45) is 0 Å². The van der Waals surface area contributed by atoms with E-state index in [9.17, 15) is 32.9 Å². The number of hydrogen-bond acceptors (Lipinski definition) is 4. The topological polar surface area (TPSA) is 85.5 Å². The number of nitro groups is 1. The van der Waals surface area contributed by atoms with Crippen molar-refractivity contribution in [3.63, 3.8) is 0 Å². The highest BCUT2D eigenvalue weighted by Crippen LogP contribution is 2.23. The molecule has 0 atom stereocenters. The van der Waals surface area contributed by atoms with Crippen molar-refractivity contribution < 1.29 is 22.9 Å². The fraction of sp³-hybridized carbons (Fsp3) is 0.250. The molecule has 1 heterocycles. The molecule has 0 aliphatic carbocycles. The molecular formula is C16H13BrF3N3O4. The van der Waals surface area contributed by atoms with Crippen LogP contribution in [-0.4, -0.2) is 33.0 Å². The fourth-order valence-corrected chi connectivity index (χ4v) is 2.73. The van der Waals surface area contributed by atoms with E-state index < -0.39 is 47.9 Å². The minimum atomic E-state index is -4.71. The molecule has 0 fully saturated rings. The predicted octanol–water partition coefficient (Wildman–Crippen LogP) is 3.11. The molecule has 0 radical (unpaired) electrons. The maximum atomic E-state index is 12.9. The van der Waals surface area contributed by atoms with Gasteiger partial charge in [-0.05, 0) is 22.0 Å². The van der Waals surface area contributed by atoms with E-state index in [-0.39, 0.29) is 5.56 Å². The molecule has 1 aromatic carbocycles. The third kappa shape index (κ3) is 5.91. The average Bonchev–Trinajstić information content (AvgIpc) is 2.56. The molecule has 2 aromatic rings. The molecule has 0 spiro atoms. The Labute approximate surface area is 159 Å². The lowest BCUT2D eigenvalue weighted by Crippen LogP contribution is -2.41. The zero-order chi connectivity index (χ0) is 20.2. The lowest BCUT2D eigenvalue weighted by molar-refractivity contribution is -0.385. The highest BCUT2D eigenvalue weighted by Gasteiger charge is 2.34. The molecule has 11 heteroatoms. The van der Waals surface area contributed by atoms with Crippen LogP contribution in [0.5, 0.6) is 0 Å². The number of nitrogens with zero attached hydrogens (tertiary/aromatic N) is 3. The van der Waals surface area contributed by atoms with Gasteiger partial charge in [-0.15, -0.1) is 0 Å². The van der Waals surface area contributed by atoms with Gasteiger partial charge in [-0.2, -0.15) is 13.2 Å². The molecule has 0 bridgehead atoms. The minimum absolute atomic E-state index is 0.0401. The molecular weight excluding hydrogens is 435 g/mol. The van der Waals surface area contributed by atoms with E-state index in [1.165, 1.54) is 30.5 Å². The van der Waals surface area contributed by atoms with Crippen molar-refractivity contribution in [2.45, 2.75) is 19.3 Å². The van der Waals surface area contributed by atoms with Crippen LogP contribution in [0.2, 0.25) is 0 Å². The van der Waals surface area contributed by atoms with E-state index in [4.69, 9.17) is 0 Å². The molecule has 7 nitrogen and oxygen atoms in total. The maximum absolute atomic E-state index is 12.9. The van der Waals surface area contributed by atoms with Gasteiger partial charge < -0.3 is 9.47 Å².